The molecule has 0 bridgehead atoms. The Morgan fingerprint density at radius 3 is 2.76 bits per heavy atom. The summed E-state index contributed by atoms with van der Waals surface area (Å²) in [4.78, 5) is 26.6. The number of rotatable bonds is 4. The zero-order valence-corrected chi connectivity index (χ0v) is 16.7. The van der Waals surface area contributed by atoms with Gasteiger partial charge >= 0.3 is 5.97 Å². The molecule has 3 aliphatic heterocycles. The predicted octanol–water partition coefficient (Wildman–Crippen LogP) is 2.45. The molecule has 0 radical (unpaired) electrons. The van der Waals surface area contributed by atoms with Crippen LogP contribution in [0.5, 0.6) is 0 Å². The highest BCUT2D eigenvalue weighted by Gasteiger charge is 2.66. The predicted molar refractivity (Wildman–Crippen MR) is 95.2 cm³/mol. The molecule has 3 aliphatic rings. The molecule has 0 spiro atoms. The third kappa shape index (κ3) is 3.39. The number of amides is 1. The first-order chi connectivity index (χ1) is 11.6. The Bertz CT molecular complexity index is 629. The van der Waals surface area contributed by atoms with Crippen molar-refractivity contribution in [2.75, 3.05) is 19.8 Å². The standard InChI is InChI=1S/C15H18Cl3NO5S/c1-7(20)9-12(21)19-10(13(22)24-6-15(16,17)18)11(25-14(9,19)2)8-3-4-23-5-8/h7-9,20H,3-6H2,1-2H3/t7-,8?,9+,14-/m1/s1. The van der Waals surface area contributed by atoms with E-state index in [1.165, 1.54) is 16.7 Å². The van der Waals surface area contributed by atoms with Crippen LogP contribution in [0.2, 0.25) is 0 Å². The van der Waals surface area contributed by atoms with Crippen LogP contribution < -0.4 is 0 Å². The molecule has 3 rings (SSSR count). The van der Waals surface area contributed by atoms with Crippen LogP contribution in [0.1, 0.15) is 20.3 Å². The number of alkyl halides is 3. The van der Waals surface area contributed by atoms with E-state index in [1.807, 2.05) is 6.92 Å². The van der Waals surface area contributed by atoms with Crippen molar-refractivity contribution in [1.29, 1.82) is 0 Å². The Hall–Kier alpha value is -0.180. The van der Waals surface area contributed by atoms with Crippen molar-refractivity contribution >= 4 is 58.4 Å². The molecule has 0 aromatic rings. The summed E-state index contributed by atoms with van der Waals surface area (Å²) in [5.74, 6) is -1.60. The van der Waals surface area contributed by atoms with E-state index in [-0.39, 0.29) is 17.5 Å². The Labute approximate surface area is 164 Å². The summed E-state index contributed by atoms with van der Waals surface area (Å²) in [6.45, 7) is 4.05. The van der Waals surface area contributed by atoms with Gasteiger partial charge < -0.3 is 14.6 Å². The molecule has 3 heterocycles. The van der Waals surface area contributed by atoms with Crippen LogP contribution in [0.3, 0.4) is 0 Å². The number of aliphatic hydroxyl groups is 1. The first-order valence-corrected chi connectivity index (χ1v) is 9.78. The van der Waals surface area contributed by atoms with Crippen LogP contribution >= 0.6 is 46.6 Å². The first kappa shape index (κ1) is 19.6. The second-order valence-corrected chi connectivity index (χ2v) is 10.5. The average molecular weight is 431 g/mol. The van der Waals surface area contributed by atoms with Crippen molar-refractivity contribution in [3.8, 4) is 0 Å². The monoisotopic (exact) mass is 429 g/mol. The van der Waals surface area contributed by atoms with E-state index in [4.69, 9.17) is 44.3 Å². The molecular weight excluding hydrogens is 413 g/mol. The molecule has 0 aliphatic carbocycles. The van der Waals surface area contributed by atoms with Gasteiger partial charge in [-0.2, -0.15) is 0 Å². The van der Waals surface area contributed by atoms with E-state index in [9.17, 15) is 14.7 Å². The van der Waals surface area contributed by atoms with Gasteiger partial charge in [0, 0.05) is 17.4 Å². The highest BCUT2D eigenvalue weighted by molar-refractivity contribution is 8.04. The third-order valence-electron chi connectivity index (χ3n) is 4.62. The number of esters is 1. The van der Waals surface area contributed by atoms with Crippen molar-refractivity contribution in [2.45, 2.75) is 35.0 Å². The number of carbonyl (C=O) groups excluding carboxylic acids is 2. The van der Waals surface area contributed by atoms with Gasteiger partial charge in [0.2, 0.25) is 9.70 Å². The van der Waals surface area contributed by atoms with Gasteiger partial charge in [-0.15, -0.1) is 0 Å². The van der Waals surface area contributed by atoms with Crippen LogP contribution in [0.4, 0.5) is 0 Å². The van der Waals surface area contributed by atoms with Gasteiger partial charge in [-0.1, -0.05) is 46.6 Å². The second-order valence-electron chi connectivity index (χ2n) is 6.51. The minimum atomic E-state index is -1.73. The number of nitrogens with zero attached hydrogens (tertiary/aromatic N) is 1. The summed E-state index contributed by atoms with van der Waals surface area (Å²) in [7, 11) is 0. The van der Waals surface area contributed by atoms with Crippen LogP contribution in [0, 0.1) is 11.8 Å². The summed E-state index contributed by atoms with van der Waals surface area (Å²) in [5.41, 5.74) is 0.180. The van der Waals surface area contributed by atoms with E-state index < -0.39 is 33.3 Å². The van der Waals surface area contributed by atoms with Crippen molar-refractivity contribution in [2.24, 2.45) is 11.8 Å². The molecule has 2 fully saturated rings. The summed E-state index contributed by atoms with van der Waals surface area (Å²) < 4.78 is 8.81. The number of aliphatic hydroxyl groups excluding tert-OH is 1. The second kappa shape index (κ2) is 6.77. The maximum Gasteiger partial charge on any atom is 0.356 e. The lowest BCUT2D eigenvalue weighted by molar-refractivity contribution is -0.166. The molecule has 0 aromatic heterocycles. The number of carbonyl (C=O) groups is 2. The van der Waals surface area contributed by atoms with Crippen LogP contribution in [-0.2, 0) is 19.1 Å². The molecule has 10 heteroatoms. The summed E-state index contributed by atoms with van der Waals surface area (Å²) in [5, 5.41) is 9.97. The summed E-state index contributed by atoms with van der Waals surface area (Å²) >= 11 is 18.4. The molecule has 1 unspecified atom stereocenters. The lowest BCUT2D eigenvalue weighted by Crippen LogP contribution is -2.68. The van der Waals surface area contributed by atoms with Crippen LogP contribution in [0.15, 0.2) is 10.6 Å². The number of thioether (sulfide) groups is 1. The van der Waals surface area contributed by atoms with Gasteiger partial charge in [-0.05, 0) is 20.3 Å². The maximum absolute atomic E-state index is 12.6. The van der Waals surface area contributed by atoms with Gasteiger partial charge in [0.15, 0.2) is 0 Å². The van der Waals surface area contributed by atoms with E-state index in [0.29, 0.717) is 13.2 Å². The molecule has 2 saturated heterocycles. The van der Waals surface area contributed by atoms with Crippen molar-refractivity contribution in [1.82, 2.24) is 4.90 Å². The SMILES string of the molecule is C[C@@H](O)[C@H]1C(=O)N2C(C(=O)OCC(Cl)(Cl)Cl)=C(C3CCOC3)S[C@]12C. The van der Waals surface area contributed by atoms with Crippen LogP contribution in [0.25, 0.3) is 0 Å². The molecule has 1 N–H and O–H groups in total. The fourth-order valence-electron chi connectivity index (χ4n) is 3.56. The van der Waals surface area contributed by atoms with E-state index in [0.717, 1.165) is 11.3 Å². The zero-order chi connectivity index (χ0) is 18.6. The smallest absolute Gasteiger partial charge is 0.356 e. The minimum absolute atomic E-state index is 0.00480. The highest BCUT2D eigenvalue weighted by Crippen LogP contribution is 2.60. The number of β-lactam (4-membered cyclic amide) rings is 1. The number of hydrogen-bond acceptors (Lipinski definition) is 6. The van der Waals surface area contributed by atoms with Gasteiger partial charge in [0.05, 0.1) is 18.6 Å². The minimum Gasteiger partial charge on any atom is -0.456 e. The normalized spacial score (nSPS) is 33.4. The van der Waals surface area contributed by atoms with Gasteiger partial charge in [-0.3, -0.25) is 9.69 Å². The Kier molecular flexibility index (Phi) is 5.30. The summed E-state index contributed by atoms with van der Waals surface area (Å²) in [6, 6.07) is 0. The molecule has 6 nitrogen and oxygen atoms in total. The fourth-order valence-corrected chi connectivity index (χ4v) is 5.49. The lowest BCUT2D eigenvalue weighted by Gasteiger charge is -2.52. The van der Waals surface area contributed by atoms with Gasteiger partial charge in [-0.25, -0.2) is 4.79 Å². The fraction of sp³-hybridized carbons (Fsp3) is 0.733. The van der Waals surface area contributed by atoms with Crippen LogP contribution in [-0.4, -0.2) is 56.5 Å². The average Bonchev–Trinajstić information content (AvgIpc) is 3.08. The zero-order valence-electron chi connectivity index (χ0n) is 13.6. The first-order valence-electron chi connectivity index (χ1n) is 7.83. The largest absolute Gasteiger partial charge is 0.456 e. The third-order valence-corrected chi connectivity index (χ3v) is 6.55. The van der Waals surface area contributed by atoms with E-state index in [1.54, 1.807) is 6.92 Å². The molecule has 4 atom stereocenters. The lowest BCUT2D eigenvalue weighted by atomic mass is 9.83. The maximum atomic E-state index is 12.6. The molecule has 1 amide bonds. The highest BCUT2D eigenvalue weighted by atomic mass is 35.6. The number of hydrogen-bond donors (Lipinski definition) is 1. The van der Waals surface area contributed by atoms with Crippen molar-refractivity contribution in [3.05, 3.63) is 10.6 Å². The van der Waals surface area contributed by atoms with E-state index in [2.05, 4.69) is 0 Å². The van der Waals surface area contributed by atoms with Crippen molar-refractivity contribution < 1.29 is 24.2 Å². The van der Waals surface area contributed by atoms with Crippen molar-refractivity contribution in [3.63, 3.8) is 0 Å². The Morgan fingerprint density at radius 2 is 2.24 bits per heavy atom. The summed E-state index contributed by atoms with van der Waals surface area (Å²) in [6.07, 6.45) is -0.0695. The molecule has 0 saturated carbocycles. The Morgan fingerprint density at radius 1 is 1.56 bits per heavy atom. The topological polar surface area (TPSA) is 76.1 Å². The number of fused-ring (bicyclic) bond motifs is 1. The number of halogens is 3. The Balaban J connectivity index is 1.91. The van der Waals surface area contributed by atoms with Gasteiger partial charge in [0.1, 0.15) is 17.2 Å². The molecular formula is C15H18Cl3NO5S. The molecule has 0 aromatic carbocycles. The number of ether oxygens (including phenoxy) is 2. The van der Waals surface area contributed by atoms with E-state index >= 15 is 0 Å². The molecule has 140 valence electrons. The molecule has 25 heavy (non-hydrogen) atoms. The quantitative estimate of drug-likeness (QED) is 0.419. The van der Waals surface area contributed by atoms with Gasteiger partial charge in [0.25, 0.3) is 0 Å².